The number of aromatic carboxylic acids is 1. The average molecular weight is 297 g/mol. The number of benzene rings is 1. The van der Waals surface area contributed by atoms with E-state index < -0.39 is 5.97 Å². The van der Waals surface area contributed by atoms with Gasteiger partial charge in [0.2, 0.25) is 0 Å². The van der Waals surface area contributed by atoms with Crippen LogP contribution in [-0.2, 0) is 6.54 Å². The lowest BCUT2D eigenvalue weighted by Gasteiger charge is -2.11. The highest BCUT2D eigenvalue weighted by Crippen LogP contribution is 2.24. The van der Waals surface area contributed by atoms with Crippen molar-refractivity contribution in [3.63, 3.8) is 0 Å². The maximum absolute atomic E-state index is 11.1. The van der Waals surface area contributed by atoms with E-state index >= 15 is 0 Å². The van der Waals surface area contributed by atoms with Gasteiger partial charge in [0.15, 0.2) is 0 Å². The molecule has 0 radical (unpaired) electrons. The number of hydrogen-bond donors (Lipinski definition) is 2. The van der Waals surface area contributed by atoms with Gasteiger partial charge in [0.05, 0.1) is 15.6 Å². The first-order valence-electron chi connectivity index (χ1n) is 5.43. The van der Waals surface area contributed by atoms with E-state index in [2.05, 4.69) is 10.3 Å². The Morgan fingerprint density at radius 2 is 1.84 bits per heavy atom. The Hall–Kier alpha value is -1.78. The number of nitrogens with zero attached hydrogens (tertiary/aromatic N) is 1. The highest BCUT2D eigenvalue weighted by molar-refractivity contribution is 6.35. The quantitative estimate of drug-likeness (QED) is 0.903. The Labute approximate surface area is 120 Å². The summed E-state index contributed by atoms with van der Waals surface area (Å²) in [5.41, 5.74) is 1.39. The largest absolute Gasteiger partial charge is 0.478 e. The van der Waals surface area contributed by atoms with E-state index in [9.17, 15) is 4.79 Å². The minimum atomic E-state index is -0.991. The molecule has 0 saturated carbocycles. The summed E-state index contributed by atoms with van der Waals surface area (Å²) in [6, 6.07) is 6.64. The molecule has 2 aromatic rings. The first kappa shape index (κ1) is 13.6. The summed E-state index contributed by atoms with van der Waals surface area (Å²) < 4.78 is 0. The number of hydrogen-bond acceptors (Lipinski definition) is 3. The third-order valence-electron chi connectivity index (χ3n) is 2.57. The van der Waals surface area contributed by atoms with E-state index in [-0.39, 0.29) is 5.56 Å². The summed E-state index contributed by atoms with van der Waals surface area (Å²) >= 11 is 12.0. The Bertz CT molecular complexity index is 597. The summed E-state index contributed by atoms with van der Waals surface area (Å²) in [7, 11) is 0. The van der Waals surface area contributed by atoms with Crippen LogP contribution in [0.15, 0.2) is 36.7 Å². The zero-order chi connectivity index (χ0) is 13.8. The van der Waals surface area contributed by atoms with Crippen LogP contribution < -0.4 is 5.32 Å². The van der Waals surface area contributed by atoms with Gasteiger partial charge in [-0.25, -0.2) is 4.79 Å². The minimum absolute atomic E-state index is 0.198. The number of anilines is 1. The maximum atomic E-state index is 11.1. The van der Waals surface area contributed by atoms with E-state index in [1.54, 1.807) is 18.2 Å². The fraction of sp³-hybridized carbons (Fsp3) is 0.0769. The van der Waals surface area contributed by atoms with E-state index in [1.807, 2.05) is 0 Å². The number of carboxylic acid groups (broad SMARTS) is 1. The van der Waals surface area contributed by atoms with Crippen molar-refractivity contribution in [2.75, 3.05) is 5.32 Å². The minimum Gasteiger partial charge on any atom is -0.478 e. The first-order valence-corrected chi connectivity index (χ1v) is 6.19. The molecule has 0 amide bonds. The van der Waals surface area contributed by atoms with Crippen LogP contribution in [0, 0.1) is 0 Å². The highest BCUT2D eigenvalue weighted by Gasteiger charge is 2.10. The van der Waals surface area contributed by atoms with E-state index in [0.29, 0.717) is 27.8 Å². The third kappa shape index (κ3) is 3.16. The van der Waals surface area contributed by atoms with Crippen LogP contribution in [0.4, 0.5) is 5.69 Å². The summed E-state index contributed by atoms with van der Waals surface area (Å²) in [6.45, 7) is 0.324. The van der Waals surface area contributed by atoms with E-state index in [0.717, 1.165) is 0 Å². The van der Waals surface area contributed by atoms with Crippen molar-refractivity contribution in [3.8, 4) is 0 Å². The van der Waals surface area contributed by atoms with Gasteiger partial charge in [0, 0.05) is 30.2 Å². The van der Waals surface area contributed by atoms with E-state index in [4.69, 9.17) is 28.3 Å². The molecule has 1 aromatic carbocycles. The number of carbonyl (C=O) groups is 1. The summed E-state index contributed by atoms with van der Waals surface area (Å²) in [6.07, 6.45) is 2.99. The summed E-state index contributed by atoms with van der Waals surface area (Å²) in [4.78, 5) is 14.9. The molecule has 4 nitrogen and oxygen atoms in total. The molecule has 6 heteroatoms. The van der Waals surface area contributed by atoms with Crippen molar-refractivity contribution in [3.05, 3.63) is 57.8 Å². The number of pyridine rings is 1. The number of aromatic nitrogens is 1. The number of halogens is 2. The second kappa shape index (κ2) is 5.91. The van der Waals surface area contributed by atoms with Crippen LogP contribution in [0.2, 0.25) is 10.0 Å². The molecule has 98 valence electrons. The number of para-hydroxylation sites is 1. The molecule has 2 N–H and O–H groups in total. The van der Waals surface area contributed by atoms with Gasteiger partial charge < -0.3 is 10.4 Å². The fourth-order valence-electron chi connectivity index (χ4n) is 1.61. The molecule has 19 heavy (non-hydrogen) atoms. The van der Waals surface area contributed by atoms with E-state index in [1.165, 1.54) is 18.5 Å². The Morgan fingerprint density at radius 3 is 2.47 bits per heavy atom. The lowest BCUT2D eigenvalue weighted by Crippen LogP contribution is -2.07. The summed E-state index contributed by atoms with van der Waals surface area (Å²) in [5, 5.41) is 13.0. The Morgan fingerprint density at radius 1 is 1.21 bits per heavy atom. The van der Waals surface area contributed by atoms with Crippen LogP contribution in [0.5, 0.6) is 0 Å². The molecule has 1 aromatic heterocycles. The van der Waals surface area contributed by atoms with Crippen LogP contribution in [0.1, 0.15) is 15.9 Å². The molecule has 0 aliphatic carbocycles. The molecule has 0 atom stereocenters. The molecular formula is C13H10Cl2N2O2. The fourth-order valence-corrected chi connectivity index (χ4v) is 2.11. The van der Waals surface area contributed by atoms with Gasteiger partial charge >= 0.3 is 5.97 Å². The zero-order valence-electron chi connectivity index (χ0n) is 9.73. The molecule has 1 heterocycles. The molecule has 0 spiro atoms. The van der Waals surface area contributed by atoms with Crippen molar-refractivity contribution >= 4 is 34.9 Å². The normalized spacial score (nSPS) is 10.2. The lowest BCUT2D eigenvalue weighted by atomic mass is 10.1. The van der Waals surface area contributed by atoms with Crippen LogP contribution in [0.25, 0.3) is 0 Å². The van der Waals surface area contributed by atoms with Crippen LogP contribution in [-0.4, -0.2) is 16.1 Å². The predicted molar refractivity (Wildman–Crippen MR) is 75.0 cm³/mol. The number of rotatable bonds is 4. The molecule has 0 fully saturated rings. The van der Waals surface area contributed by atoms with Crippen LogP contribution in [0.3, 0.4) is 0 Å². The van der Waals surface area contributed by atoms with Crippen molar-refractivity contribution in [2.24, 2.45) is 0 Å². The van der Waals surface area contributed by atoms with Gasteiger partial charge in [-0.3, -0.25) is 4.98 Å². The SMILES string of the molecule is O=C(O)c1ccccc1NCc1c(Cl)cncc1Cl. The second-order valence-electron chi connectivity index (χ2n) is 3.79. The zero-order valence-corrected chi connectivity index (χ0v) is 11.2. The topological polar surface area (TPSA) is 62.2 Å². The summed E-state index contributed by atoms with van der Waals surface area (Å²) in [5.74, 6) is -0.991. The number of nitrogens with one attached hydrogen (secondary N) is 1. The number of carboxylic acids is 1. The van der Waals surface area contributed by atoms with Crippen molar-refractivity contribution in [1.29, 1.82) is 0 Å². The monoisotopic (exact) mass is 296 g/mol. The molecule has 0 aliphatic rings. The van der Waals surface area contributed by atoms with Gasteiger partial charge in [-0.2, -0.15) is 0 Å². The Kier molecular flexibility index (Phi) is 4.24. The molecule has 0 saturated heterocycles. The average Bonchev–Trinajstić information content (AvgIpc) is 2.38. The van der Waals surface area contributed by atoms with Gasteiger partial charge in [-0.15, -0.1) is 0 Å². The van der Waals surface area contributed by atoms with Crippen molar-refractivity contribution in [1.82, 2.24) is 4.98 Å². The smallest absolute Gasteiger partial charge is 0.337 e. The standard InChI is InChI=1S/C13H10Cl2N2O2/c14-10-6-16-7-11(15)9(10)5-17-12-4-2-1-3-8(12)13(18)19/h1-4,6-7,17H,5H2,(H,18,19). The van der Waals surface area contributed by atoms with Gasteiger partial charge in [-0.05, 0) is 12.1 Å². The predicted octanol–water partition coefficient (Wildman–Crippen LogP) is 3.70. The van der Waals surface area contributed by atoms with Crippen molar-refractivity contribution in [2.45, 2.75) is 6.54 Å². The molecular weight excluding hydrogens is 287 g/mol. The van der Waals surface area contributed by atoms with Crippen LogP contribution >= 0.6 is 23.2 Å². The highest BCUT2D eigenvalue weighted by atomic mass is 35.5. The first-order chi connectivity index (χ1) is 9.09. The maximum Gasteiger partial charge on any atom is 0.337 e. The molecule has 2 rings (SSSR count). The van der Waals surface area contributed by atoms with Gasteiger partial charge in [0.25, 0.3) is 0 Å². The third-order valence-corrected chi connectivity index (χ3v) is 3.22. The molecule has 0 aliphatic heterocycles. The molecule has 0 bridgehead atoms. The molecule has 0 unspecified atom stereocenters. The lowest BCUT2D eigenvalue weighted by molar-refractivity contribution is 0.0698. The second-order valence-corrected chi connectivity index (χ2v) is 4.60. The van der Waals surface area contributed by atoms with Gasteiger partial charge in [-0.1, -0.05) is 35.3 Å². The van der Waals surface area contributed by atoms with Crippen molar-refractivity contribution < 1.29 is 9.90 Å². The Balaban J connectivity index is 2.22. The van der Waals surface area contributed by atoms with Gasteiger partial charge in [0.1, 0.15) is 0 Å².